The van der Waals surface area contributed by atoms with Gasteiger partial charge < -0.3 is 5.32 Å². The van der Waals surface area contributed by atoms with Crippen LogP contribution in [0.25, 0.3) is 0 Å². The zero-order valence-corrected chi connectivity index (χ0v) is 13.2. The normalized spacial score (nSPS) is 16.2. The number of hydrogen-bond acceptors (Lipinski definition) is 3. The third kappa shape index (κ3) is 2.88. The molecule has 0 spiro atoms. The van der Waals surface area contributed by atoms with E-state index in [4.69, 9.17) is 11.6 Å². The van der Waals surface area contributed by atoms with Gasteiger partial charge in [-0.05, 0) is 30.9 Å². The van der Waals surface area contributed by atoms with Crippen molar-refractivity contribution in [3.63, 3.8) is 0 Å². The van der Waals surface area contributed by atoms with Crippen molar-refractivity contribution in [2.45, 2.75) is 39.0 Å². The Hall–Kier alpha value is -1.61. The van der Waals surface area contributed by atoms with Crippen LogP contribution in [-0.2, 0) is 12.8 Å². The minimum absolute atomic E-state index is 0.560. The van der Waals surface area contributed by atoms with Crippen LogP contribution in [0.4, 0.5) is 5.82 Å². The molecule has 1 unspecified atom stereocenters. The van der Waals surface area contributed by atoms with E-state index in [-0.39, 0.29) is 0 Å². The second kappa shape index (κ2) is 6.02. The lowest BCUT2D eigenvalue weighted by Crippen LogP contribution is -2.25. The Kier molecular flexibility index (Phi) is 4.11. The SMILES string of the molecule is CCCc1nc(Cl)c(C)c(NCC2Cc3ccccc32)n1. The summed E-state index contributed by atoms with van der Waals surface area (Å²) in [5.74, 6) is 2.27. The van der Waals surface area contributed by atoms with E-state index in [0.29, 0.717) is 11.1 Å². The Labute approximate surface area is 130 Å². The topological polar surface area (TPSA) is 37.8 Å². The van der Waals surface area contributed by atoms with Gasteiger partial charge in [-0.3, -0.25) is 0 Å². The first kappa shape index (κ1) is 14.3. The summed E-state index contributed by atoms with van der Waals surface area (Å²) < 4.78 is 0. The Morgan fingerprint density at radius 2 is 2.10 bits per heavy atom. The third-order valence-electron chi connectivity index (χ3n) is 4.08. The van der Waals surface area contributed by atoms with Crippen LogP contribution in [0.5, 0.6) is 0 Å². The molecule has 0 amide bonds. The van der Waals surface area contributed by atoms with E-state index in [1.807, 2.05) is 6.92 Å². The van der Waals surface area contributed by atoms with Crippen molar-refractivity contribution in [1.29, 1.82) is 0 Å². The predicted octanol–water partition coefficient (Wildman–Crippen LogP) is 4.14. The zero-order chi connectivity index (χ0) is 14.8. The second-order valence-corrected chi connectivity index (χ2v) is 5.99. The number of halogens is 1. The van der Waals surface area contributed by atoms with Crippen LogP contribution in [0.3, 0.4) is 0 Å². The van der Waals surface area contributed by atoms with Crippen LogP contribution in [0, 0.1) is 6.92 Å². The summed E-state index contributed by atoms with van der Waals surface area (Å²) in [6.07, 6.45) is 3.03. The molecule has 0 fully saturated rings. The maximum Gasteiger partial charge on any atom is 0.137 e. The molecule has 0 bridgehead atoms. The number of anilines is 1. The molecule has 3 nitrogen and oxygen atoms in total. The van der Waals surface area contributed by atoms with E-state index >= 15 is 0 Å². The van der Waals surface area contributed by atoms with Gasteiger partial charge in [-0.1, -0.05) is 42.8 Å². The lowest BCUT2D eigenvalue weighted by Gasteiger charge is -2.30. The minimum Gasteiger partial charge on any atom is -0.369 e. The van der Waals surface area contributed by atoms with Crippen molar-refractivity contribution in [3.05, 3.63) is 51.9 Å². The number of aromatic nitrogens is 2. The lowest BCUT2D eigenvalue weighted by molar-refractivity contribution is 0.633. The molecule has 4 heteroatoms. The van der Waals surface area contributed by atoms with Crippen LogP contribution in [0.15, 0.2) is 24.3 Å². The highest BCUT2D eigenvalue weighted by atomic mass is 35.5. The Morgan fingerprint density at radius 1 is 1.29 bits per heavy atom. The number of benzene rings is 1. The molecule has 110 valence electrons. The third-order valence-corrected chi connectivity index (χ3v) is 4.45. The molecule has 2 aromatic rings. The number of nitrogens with zero attached hydrogens (tertiary/aromatic N) is 2. The van der Waals surface area contributed by atoms with Crippen LogP contribution in [0.1, 0.15) is 41.8 Å². The summed E-state index contributed by atoms with van der Waals surface area (Å²) >= 11 is 6.21. The van der Waals surface area contributed by atoms with Gasteiger partial charge in [0.25, 0.3) is 0 Å². The van der Waals surface area contributed by atoms with Crippen LogP contribution < -0.4 is 5.32 Å². The van der Waals surface area contributed by atoms with Gasteiger partial charge >= 0.3 is 0 Å². The van der Waals surface area contributed by atoms with Crippen molar-refractivity contribution < 1.29 is 0 Å². The maximum absolute atomic E-state index is 6.21. The standard InChI is InChI=1S/C17H20ClN3/c1-3-6-15-20-16(18)11(2)17(21-15)19-10-13-9-12-7-4-5-8-14(12)13/h4-5,7-8,13H,3,6,9-10H2,1-2H3,(H,19,20,21). The fourth-order valence-electron chi connectivity index (χ4n) is 2.80. The summed E-state index contributed by atoms with van der Waals surface area (Å²) in [5.41, 5.74) is 3.86. The summed E-state index contributed by atoms with van der Waals surface area (Å²) in [6.45, 7) is 4.99. The molecule has 3 rings (SSSR count). The Bertz CT molecular complexity index is 654. The van der Waals surface area contributed by atoms with Gasteiger partial charge in [0.1, 0.15) is 16.8 Å². The second-order valence-electron chi connectivity index (χ2n) is 5.64. The number of nitrogens with one attached hydrogen (secondary N) is 1. The van der Waals surface area contributed by atoms with Gasteiger partial charge in [0, 0.05) is 24.4 Å². The highest BCUT2D eigenvalue weighted by Gasteiger charge is 2.25. The molecule has 1 aliphatic carbocycles. The van der Waals surface area contributed by atoms with Crippen molar-refractivity contribution in [1.82, 2.24) is 9.97 Å². The smallest absolute Gasteiger partial charge is 0.137 e. The highest BCUT2D eigenvalue weighted by Crippen LogP contribution is 2.35. The molecule has 1 N–H and O–H groups in total. The molecule has 0 saturated heterocycles. The summed E-state index contributed by atoms with van der Waals surface area (Å²) in [5, 5.41) is 4.02. The molecule has 1 aliphatic rings. The molecule has 0 saturated carbocycles. The molecule has 1 aromatic carbocycles. The molecule has 0 aliphatic heterocycles. The van der Waals surface area contributed by atoms with E-state index in [2.05, 4.69) is 46.5 Å². The maximum atomic E-state index is 6.21. The minimum atomic E-state index is 0.560. The fourth-order valence-corrected chi connectivity index (χ4v) is 2.99. The first-order chi connectivity index (χ1) is 10.2. The Balaban J connectivity index is 1.71. The quantitative estimate of drug-likeness (QED) is 0.843. The van der Waals surface area contributed by atoms with Crippen LogP contribution in [-0.4, -0.2) is 16.5 Å². The lowest BCUT2D eigenvalue weighted by atomic mass is 9.77. The average Bonchev–Trinajstić information content (AvgIpc) is 2.45. The van der Waals surface area contributed by atoms with Gasteiger partial charge in [0.15, 0.2) is 0 Å². The summed E-state index contributed by atoms with van der Waals surface area (Å²) in [4.78, 5) is 8.94. The van der Waals surface area contributed by atoms with E-state index in [9.17, 15) is 0 Å². The Morgan fingerprint density at radius 3 is 2.86 bits per heavy atom. The first-order valence-corrected chi connectivity index (χ1v) is 7.91. The average molecular weight is 302 g/mol. The van der Waals surface area contributed by atoms with E-state index in [1.54, 1.807) is 0 Å². The number of fused-ring (bicyclic) bond motifs is 1. The largest absolute Gasteiger partial charge is 0.369 e. The highest BCUT2D eigenvalue weighted by molar-refractivity contribution is 6.30. The number of aryl methyl sites for hydroxylation is 1. The van der Waals surface area contributed by atoms with Crippen molar-refractivity contribution in [2.24, 2.45) is 0 Å². The number of rotatable bonds is 5. The first-order valence-electron chi connectivity index (χ1n) is 7.53. The van der Waals surface area contributed by atoms with Crippen LogP contribution in [0.2, 0.25) is 5.15 Å². The van der Waals surface area contributed by atoms with E-state index in [0.717, 1.165) is 43.0 Å². The summed E-state index contributed by atoms with van der Waals surface area (Å²) in [7, 11) is 0. The molecule has 1 atom stereocenters. The molecule has 21 heavy (non-hydrogen) atoms. The van der Waals surface area contributed by atoms with Crippen molar-refractivity contribution in [2.75, 3.05) is 11.9 Å². The predicted molar refractivity (Wildman–Crippen MR) is 87.2 cm³/mol. The van der Waals surface area contributed by atoms with Crippen molar-refractivity contribution in [3.8, 4) is 0 Å². The zero-order valence-electron chi connectivity index (χ0n) is 12.5. The van der Waals surface area contributed by atoms with E-state index in [1.165, 1.54) is 11.1 Å². The van der Waals surface area contributed by atoms with E-state index < -0.39 is 0 Å². The van der Waals surface area contributed by atoms with Gasteiger partial charge in [-0.2, -0.15) is 0 Å². The molecular formula is C17H20ClN3. The van der Waals surface area contributed by atoms with Crippen LogP contribution >= 0.6 is 11.6 Å². The molecular weight excluding hydrogens is 282 g/mol. The molecule has 1 aromatic heterocycles. The molecule has 0 radical (unpaired) electrons. The fraction of sp³-hybridized carbons (Fsp3) is 0.412. The van der Waals surface area contributed by atoms with Gasteiger partial charge in [0.05, 0.1) is 0 Å². The molecule has 1 heterocycles. The monoisotopic (exact) mass is 301 g/mol. The summed E-state index contributed by atoms with van der Waals surface area (Å²) in [6, 6.07) is 8.64. The number of hydrogen-bond donors (Lipinski definition) is 1. The van der Waals surface area contributed by atoms with Crippen molar-refractivity contribution >= 4 is 17.4 Å². The van der Waals surface area contributed by atoms with Gasteiger partial charge in [0.2, 0.25) is 0 Å². The van der Waals surface area contributed by atoms with Gasteiger partial charge in [-0.25, -0.2) is 9.97 Å². The van der Waals surface area contributed by atoms with Gasteiger partial charge in [-0.15, -0.1) is 0 Å².